The van der Waals surface area contributed by atoms with Crippen LogP contribution in [0, 0.1) is 5.41 Å². The number of hydrogen-bond acceptors (Lipinski definition) is 6. The molecule has 0 aliphatic rings. The van der Waals surface area contributed by atoms with Gasteiger partial charge in [-0.3, -0.25) is 15.0 Å². The summed E-state index contributed by atoms with van der Waals surface area (Å²) in [5, 5.41) is 14.7. The number of nitrogens with zero attached hydrogens (tertiary/aromatic N) is 3. The van der Waals surface area contributed by atoms with Crippen molar-refractivity contribution in [1.82, 2.24) is 15.1 Å². The largest absolute Gasteiger partial charge is 0.488 e. The fourth-order valence-electron chi connectivity index (χ4n) is 2.90. The molecule has 0 aliphatic heterocycles. The Morgan fingerprint density at radius 2 is 1.91 bits per heavy atom. The summed E-state index contributed by atoms with van der Waals surface area (Å²) in [6.45, 7) is -0.103. The van der Waals surface area contributed by atoms with E-state index in [1.54, 1.807) is 28.9 Å². The average molecular weight is 480 g/mol. The second-order valence-electron chi connectivity index (χ2n) is 6.82. The van der Waals surface area contributed by atoms with Crippen LogP contribution in [-0.4, -0.2) is 47.9 Å². The number of amides is 1. The molecule has 174 valence electrons. The Bertz CT molecular complexity index is 1200. The third-order valence-corrected chi connectivity index (χ3v) is 4.80. The number of aromatic nitrogens is 2. The number of carbonyl (C=O) groups is 2. The van der Waals surface area contributed by atoms with Crippen LogP contribution in [0.15, 0.2) is 71.9 Å². The van der Waals surface area contributed by atoms with Crippen molar-refractivity contribution < 1.29 is 19.1 Å². The highest BCUT2D eigenvalue weighted by Gasteiger charge is 2.18. The summed E-state index contributed by atoms with van der Waals surface area (Å²) in [5.74, 6) is -0.927. The van der Waals surface area contributed by atoms with Gasteiger partial charge in [-0.05, 0) is 29.8 Å². The van der Waals surface area contributed by atoms with Crippen molar-refractivity contribution in [3.63, 3.8) is 0 Å². The Balaban J connectivity index is 2.00. The maximum absolute atomic E-state index is 12.5. The number of methoxy groups -OCH3 is 1. The summed E-state index contributed by atoms with van der Waals surface area (Å²) in [5.41, 5.74) is 2.53. The lowest BCUT2D eigenvalue weighted by Gasteiger charge is -2.12. The standard InChI is InChI=1S/C24H22ClN5O4/c1-33-24(32)14-28-23(31)11-22(34-15-17-5-3-2-4-6-17)20-12-29-30(21(20)13-27-16-26)19-9-7-18(25)8-10-19/h2-13,16,26H,14-15H2,1H3,(H,28,31). The maximum atomic E-state index is 12.5. The molecule has 0 atom stereocenters. The van der Waals surface area contributed by atoms with Gasteiger partial charge < -0.3 is 14.8 Å². The van der Waals surface area contributed by atoms with Crippen LogP contribution in [0.4, 0.5) is 0 Å². The SMILES string of the molecule is COC(=O)CNC(=O)C=C(OCc1ccccc1)c1cnn(-c2ccc(Cl)cc2)c1C=NC=N. The van der Waals surface area contributed by atoms with E-state index in [0.29, 0.717) is 22.0 Å². The van der Waals surface area contributed by atoms with Gasteiger partial charge in [0.2, 0.25) is 5.91 Å². The molecule has 34 heavy (non-hydrogen) atoms. The smallest absolute Gasteiger partial charge is 0.325 e. The molecule has 0 spiro atoms. The summed E-state index contributed by atoms with van der Waals surface area (Å²) < 4.78 is 12.1. The van der Waals surface area contributed by atoms with Gasteiger partial charge in [0.1, 0.15) is 25.2 Å². The second-order valence-corrected chi connectivity index (χ2v) is 7.25. The highest BCUT2D eigenvalue weighted by molar-refractivity contribution is 6.30. The van der Waals surface area contributed by atoms with Crippen LogP contribution in [0.1, 0.15) is 16.8 Å². The number of ether oxygens (including phenoxy) is 2. The first-order valence-electron chi connectivity index (χ1n) is 10.1. The quantitative estimate of drug-likeness (QED) is 0.152. The van der Waals surface area contributed by atoms with Gasteiger partial charge in [0.25, 0.3) is 0 Å². The Labute approximate surface area is 201 Å². The van der Waals surface area contributed by atoms with Crippen molar-refractivity contribution in [2.24, 2.45) is 4.99 Å². The van der Waals surface area contributed by atoms with Crippen LogP contribution in [0.3, 0.4) is 0 Å². The van der Waals surface area contributed by atoms with Crippen molar-refractivity contribution in [3.05, 3.63) is 88.7 Å². The van der Waals surface area contributed by atoms with Crippen molar-refractivity contribution in [2.75, 3.05) is 13.7 Å². The van der Waals surface area contributed by atoms with Gasteiger partial charge in [-0.1, -0.05) is 41.9 Å². The van der Waals surface area contributed by atoms with E-state index in [1.807, 2.05) is 30.3 Å². The molecular formula is C24H22ClN5O4. The van der Waals surface area contributed by atoms with Crippen molar-refractivity contribution in [3.8, 4) is 5.69 Å². The summed E-state index contributed by atoms with van der Waals surface area (Å²) in [4.78, 5) is 27.8. The van der Waals surface area contributed by atoms with Gasteiger partial charge in [-0.2, -0.15) is 5.10 Å². The Morgan fingerprint density at radius 1 is 1.18 bits per heavy atom. The lowest BCUT2D eigenvalue weighted by molar-refractivity contribution is -0.140. The van der Waals surface area contributed by atoms with Gasteiger partial charge in [0.05, 0.1) is 36.5 Å². The number of esters is 1. The number of hydrogen-bond donors (Lipinski definition) is 2. The van der Waals surface area contributed by atoms with E-state index in [4.69, 9.17) is 21.7 Å². The van der Waals surface area contributed by atoms with Crippen molar-refractivity contribution in [1.29, 1.82) is 5.41 Å². The number of carbonyl (C=O) groups excluding carboxylic acids is 2. The highest BCUT2D eigenvalue weighted by atomic mass is 35.5. The van der Waals surface area contributed by atoms with Gasteiger partial charge in [-0.15, -0.1) is 0 Å². The molecule has 10 heteroatoms. The molecular weight excluding hydrogens is 458 g/mol. The minimum absolute atomic E-state index is 0.185. The molecule has 0 unspecified atom stereocenters. The fraction of sp³-hybridized carbons (Fsp3) is 0.125. The molecule has 0 saturated heterocycles. The molecule has 0 saturated carbocycles. The van der Waals surface area contributed by atoms with Crippen molar-refractivity contribution in [2.45, 2.75) is 6.61 Å². The van der Waals surface area contributed by atoms with E-state index < -0.39 is 11.9 Å². The zero-order valence-corrected chi connectivity index (χ0v) is 19.0. The summed E-state index contributed by atoms with van der Waals surface area (Å²) in [7, 11) is 1.23. The second kappa shape index (κ2) is 12.1. The summed E-state index contributed by atoms with van der Waals surface area (Å²) in [6, 6.07) is 16.4. The van der Waals surface area contributed by atoms with Crippen LogP contribution in [0.25, 0.3) is 11.4 Å². The topological polar surface area (TPSA) is 119 Å². The van der Waals surface area contributed by atoms with Crippen molar-refractivity contribution >= 4 is 41.8 Å². The lowest BCUT2D eigenvalue weighted by Crippen LogP contribution is -2.29. The van der Waals surface area contributed by atoms with E-state index in [1.165, 1.54) is 25.6 Å². The lowest BCUT2D eigenvalue weighted by atomic mass is 10.2. The van der Waals surface area contributed by atoms with Gasteiger partial charge in [0.15, 0.2) is 0 Å². The molecule has 1 aromatic heterocycles. The molecule has 2 N–H and O–H groups in total. The minimum atomic E-state index is -0.581. The third kappa shape index (κ3) is 6.63. The van der Waals surface area contributed by atoms with Crippen LogP contribution in [0.2, 0.25) is 5.02 Å². The molecule has 0 fully saturated rings. The fourth-order valence-corrected chi connectivity index (χ4v) is 3.03. The van der Waals surface area contributed by atoms with Crippen LogP contribution >= 0.6 is 11.6 Å². The predicted octanol–water partition coefficient (Wildman–Crippen LogP) is 3.40. The number of rotatable bonds is 10. The average Bonchev–Trinajstić information content (AvgIpc) is 3.28. The number of aliphatic imine (C=N–C) groups is 1. The molecule has 2 aromatic carbocycles. The zero-order chi connectivity index (χ0) is 24.3. The minimum Gasteiger partial charge on any atom is -0.488 e. The monoisotopic (exact) mass is 479 g/mol. The zero-order valence-electron chi connectivity index (χ0n) is 18.3. The van der Waals surface area contributed by atoms with Crippen LogP contribution in [0.5, 0.6) is 0 Å². The summed E-state index contributed by atoms with van der Waals surface area (Å²) in [6.07, 6.45) is 5.09. The first kappa shape index (κ1) is 24.4. The molecule has 0 aliphatic carbocycles. The van der Waals surface area contributed by atoms with Gasteiger partial charge in [-0.25, -0.2) is 9.67 Å². The van der Waals surface area contributed by atoms with E-state index >= 15 is 0 Å². The van der Waals surface area contributed by atoms with E-state index in [9.17, 15) is 9.59 Å². The molecule has 9 nitrogen and oxygen atoms in total. The Kier molecular flexibility index (Phi) is 8.70. The molecule has 1 amide bonds. The first-order chi connectivity index (χ1) is 16.5. The van der Waals surface area contributed by atoms with E-state index in [-0.39, 0.29) is 18.9 Å². The van der Waals surface area contributed by atoms with E-state index in [0.717, 1.165) is 11.9 Å². The Hall–Kier alpha value is -4.24. The van der Waals surface area contributed by atoms with Crippen LogP contribution in [-0.2, 0) is 25.7 Å². The predicted molar refractivity (Wildman–Crippen MR) is 129 cm³/mol. The van der Waals surface area contributed by atoms with Crippen LogP contribution < -0.4 is 5.32 Å². The molecule has 0 bridgehead atoms. The first-order valence-corrected chi connectivity index (χ1v) is 10.5. The van der Waals surface area contributed by atoms with Gasteiger partial charge in [0, 0.05) is 11.1 Å². The third-order valence-electron chi connectivity index (χ3n) is 4.55. The van der Waals surface area contributed by atoms with Gasteiger partial charge >= 0.3 is 5.97 Å². The molecule has 0 radical (unpaired) electrons. The molecule has 3 aromatic rings. The highest BCUT2D eigenvalue weighted by Crippen LogP contribution is 2.24. The molecule has 3 rings (SSSR count). The number of benzene rings is 2. The van der Waals surface area contributed by atoms with E-state index in [2.05, 4.69) is 20.1 Å². The number of nitrogens with one attached hydrogen (secondary N) is 2. The number of halogens is 1. The Morgan fingerprint density at radius 3 is 2.59 bits per heavy atom. The summed E-state index contributed by atoms with van der Waals surface area (Å²) >= 11 is 6.01. The molecule has 1 heterocycles. The normalized spacial score (nSPS) is 11.3. The maximum Gasteiger partial charge on any atom is 0.325 e.